The van der Waals surface area contributed by atoms with E-state index in [4.69, 9.17) is 23.7 Å². The highest BCUT2D eigenvalue weighted by Gasteiger charge is 2.58. The molecule has 0 amide bonds. The Morgan fingerprint density at radius 2 is 1.72 bits per heavy atom. The molecule has 3 heterocycles. The van der Waals surface area contributed by atoms with E-state index in [1.54, 1.807) is 0 Å². The van der Waals surface area contributed by atoms with E-state index in [-0.39, 0.29) is 18.1 Å². The standard InChI is InChI=1S/C12H20O6/c1-11(2)14-5-6(16-11)7-8-10(15-9(7)13)18-12(3,4)17-8/h6-10,13H,5H2,1-4H3/t6-,7?,8-,9?,10-/m0/s1. The van der Waals surface area contributed by atoms with Crippen LogP contribution in [0.25, 0.3) is 0 Å². The van der Waals surface area contributed by atoms with E-state index in [2.05, 4.69) is 0 Å². The van der Waals surface area contributed by atoms with E-state index in [0.717, 1.165) is 0 Å². The van der Waals surface area contributed by atoms with E-state index < -0.39 is 24.2 Å². The molecule has 0 saturated carbocycles. The molecule has 5 atom stereocenters. The van der Waals surface area contributed by atoms with Crippen LogP contribution < -0.4 is 0 Å². The lowest BCUT2D eigenvalue weighted by molar-refractivity contribution is -0.250. The number of aliphatic hydroxyl groups is 1. The maximum absolute atomic E-state index is 9.98. The quantitative estimate of drug-likeness (QED) is 0.744. The summed E-state index contributed by atoms with van der Waals surface area (Å²) in [6.45, 7) is 7.78. The maximum atomic E-state index is 9.98. The topological polar surface area (TPSA) is 66.4 Å². The van der Waals surface area contributed by atoms with Gasteiger partial charge in [-0.1, -0.05) is 0 Å². The fourth-order valence-electron chi connectivity index (χ4n) is 2.81. The number of aliphatic hydroxyl groups excluding tert-OH is 1. The molecule has 3 aliphatic heterocycles. The first-order valence-corrected chi connectivity index (χ1v) is 6.28. The predicted octanol–water partition coefficient (Wildman–Crippen LogP) is 0.580. The van der Waals surface area contributed by atoms with Gasteiger partial charge in [0.1, 0.15) is 6.10 Å². The van der Waals surface area contributed by atoms with Crippen molar-refractivity contribution in [2.24, 2.45) is 5.92 Å². The molecule has 0 aromatic carbocycles. The van der Waals surface area contributed by atoms with E-state index in [9.17, 15) is 5.11 Å². The van der Waals surface area contributed by atoms with Crippen LogP contribution in [0.3, 0.4) is 0 Å². The Morgan fingerprint density at radius 3 is 2.33 bits per heavy atom. The van der Waals surface area contributed by atoms with E-state index in [0.29, 0.717) is 6.61 Å². The van der Waals surface area contributed by atoms with Crippen LogP contribution in [0.2, 0.25) is 0 Å². The van der Waals surface area contributed by atoms with E-state index in [1.165, 1.54) is 0 Å². The molecule has 3 fully saturated rings. The molecule has 3 aliphatic rings. The minimum atomic E-state index is -0.946. The molecule has 0 spiro atoms. The summed E-state index contributed by atoms with van der Waals surface area (Å²) in [7, 11) is 0. The smallest absolute Gasteiger partial charge is 0.190 e. The Labute approximate surface area is 106 Å². The molecule has 0 aromatic heterocycles. The van der Waals surface area contributed by atoms with Gasteiger partial charge in [0.25, 0.3) is 0 Å². The monoisotopic (exact) mass is 260 g/mol. The Hall–Kier alpha value is -0.240. The first-order valence-electron chi connectivity index (χ1n) is 6.28. The Balaban J connectivity index is 1.76. The number of ether oxygens (including phenoxy) is 5. The first-order chi connectivity index (χ1) is 8.27. The highest BCUT2D eigenvalue weighted by Crippen LogP contribution is 2.43. The summed E-state index contributed by atoms with van der Waals surface area (Å²) < 4.78 is 28.1. The molecule has 3 rings (SSSR count). The average Bonchev–Trinajstić information content (AvgIpc) is 2.75. The minimum Gasteiger partial charge on any atom is -0.367 e. The summed E-state index contributed by atoms with van der Waals surface area (Å²) in [6.07, 6.45) is -2.05. The van der Waals surface area contributed by atoms with Crippen LogP contribution in [0.1, 0.15) is 27.7 Å². The van der Waals surface area contributed by atoms with Gasteiger partial charge in [0.05, 0.1) is 18.6 Å². The van der Waals surface area contributed by atoms with Gasteiger partial charge in [-0.3, -0.25) is 0 Å². The highest BCUT2D eigenvalue weighted by atomic mass is 16.9. The average molecular weight is 260 g/mol. The van der Waals surface area contributed by atoms with Crippen molar-refractivity contribution in [1.82, 2.24) is 0 Å². The maximum Gasteiger partial charge on any atom is 0.190 e. The molecule has 6 nitrogen and oxygen atoms in total. The van der Waals surface area contributed by atoms with Crippen molar-refractivity contribution in [3.8, 4) is 0 Å². The number of hydrogen-bond donors (Lipinski definition) is 1. The van der Waals surface area contributed by atoms with Crippen LogP contribution in [0.5, 0.6) is 0 Å². The van der Waals surface area contributed by atoms with E-state index in [1.807, 2.05) is 27.7 Å². The van der Waals surface area contributed by atoms with Crippen LogP contribution in [0, 0.1) is 5.92 Å². The zero-order valence-electron chi connectivity index (χ0n) is 11.1. The van der Waals surface area contributed by atoms with Gasteiger partial charge in [-0.15, -0.1) is 0 Å². The van der Waals surface area contributed by atoms with Crippen molar-refractivity contribution in [1.29, 1.82) is 0 Å². The van der Waals surface area contributed by atoms with Gasteiger partial charge < -0.3 is 28.8 Å². The molecule has 0 bridgehead atoms. The second-order valence-electron chi connectivity index (χ2n) is 5.94. The molecule has 0 aliphatic carbocycles. The third-order valence-corrected chi connectivity index (χ3v) is 3.53. The van der Waals surface area contributed by atoms with Crippen molar-refractivity contribution in [3.05, 3.63) is 0 Å². The van der Waals surface area contributed by atoms with Gasteiger partial charge >= 0.3 is 0 Å². The second-order valence-corrected chi connectivity index (χ2v) is 5.94. The predicted molar refractivity (Wildman–Crippen MR) is 59.3 cm³/mol. The van der Waals surface area contributed by atoms with Crippen molar-refractivity contribution in [2.75, 3.05) is 6.61 Å². The summed E-state index contributed by atoms with van der Waals surface area (Å²) >= 11 is 0. The van der Waals surface area contributed by atoms with Crippen molar-refractivity contribution >= 4 is 0 Å². The van der Waals surface area contributed by atoms with Gasteiger partial charge in [-0.2, -0.15) is 0 Å². The Kier molecular flexibility index (Phi) is 2.75. The molecular formula is C12H20O6. The summed E-state index contributed by atoms with van der Waals surface area (Å²) in [5.74, 6) is -1.61. The fourth-order valence-corrected chi connectivity index (χ4v) is 2.81. The van der Waals surface area contributed by atoms with Crippen LogP contribution in [-0.4, -0.2) is 48.1 Å². The third kappa shape index (κ3) is 2.07. The molecule has 2 unspecified atom stereocenters. The number of fused-ring (bicyclic) bond motifs is 1. The van der Waals surface area contributed by atoms with Crippen LogP contribution >= 0.6 is 0 Å². The molecular weight excluding hydrogens is 240 g/mol. The summed E-state index contributed by atoms with van der Waals surface area (Å²) in [4.78, 5) is 0. The second kappa shape index (κ2) is 3.88. The molecule has 0 aromatic rings. The van der Waals surface area contributed by atoms with Crippen LogP contribution in [0.15, 0.2) is 0 Å². The van der Waals surface area contributed by atoms with Gasteiger partial charge in [0.15, 0.2) is 24.2 Å². The van der Waals surface area contributed by atoms with Gasteiger partial charge in [-0.25, -0.2) is 0 Å². The minimum absolute atomic E-state index is 0.248. The SMILES string of the molecule is CC1(C)OC[C@@H](C2C(O)O[C@H]3OC(C)(C)O[C@@H]23)O1. The molecule has 104 valence electrons. The highest BCUT2D eigenvalue weighted by molar-refractivity contribution is 4.94. The normalized spacial score (nSPS) is 49.5. The third-order valence-electron chi connectivity index (χ3n) is 3.53. The number of hydrogen-bond acceptors (Lipinski definition) is 6. The summed E-state index contributed by atoms with van der Waals surface area (Å²) in [6, 6.07) is 0. The molecule has 1 N–H and O–H groups in total. The molecule has 18 heavy (non-hydrogen) atoms. The van der Waals surface area contributed by atoms with E-state index >= 15 is 0 Å². The lowest BCUT2D eigenvalue weighted by Gasteiger charge is -2.27. The number of rotatable bonds is 1. The van der Waals surface area contributed by atoms with Gasteiger partial charge in [0.2, 0.25) is 0 Å². The zero-order valence-corrected chi connectivity index (χ0v) is 11.1. The first kappa shape index (κ1) is 12.8. The Morgan fingerprint density at radius 1 is 1.00 bits per heavy atom. The lowest BCUT2D eigenvalue weighted by atomic mass is 9.97. The summed E-state index contributed by atoms with van der Waals surface area (Å²) in [5.41, 5.74) is 0. The Bertz CT molecular complexity index is 341. The van der Waals surface area contributed by atoms with Crippen molar-refractivity contribution in [3.63, 3.8) is 0 Å². The van der Waals surface area contributed by atoms with Crippen LogP contribution in [-0.2, 0) is 23.7 Å². The zero-order chi connectivity index (χ0) is 13.1. The fraction of sp³-hybridized carbons (Fsp3) is 1.00. The molecule has 3 saturated heterocycles. The summed E-state index contributed by atoms with van der Waals surface area (Å²) in [5, 5.41) is 9.98. The molecule has 6 heteroatoms. The van der Waals surface area contributed by atoms with Gasteiger partial charge in [0, 0.05) is 0 Å². The van der Waals surface area contributed by atoms with Crippen LogP contribution in [0.4, 0.5) is 0 Å². The largest absolute Gasteiger partial charge is 0.367 e. The van der Waals surface area contributed by atoms with Crippen molar-refractivity contribution in [2.45, 2.75) is 64.1 Å². The lowest BCUT2D eigenvalue weighted by Crippen LogP contribution is -2.40. The van der Waals surface area contributed by atoms with Crippen molar-refractivity contribution < 1.29 is 28.8 Å². The van der Waals surface area contributed by atoms with Gasteiger partial charge in [-0.05, 0) is 27.7 Å². The molecule has 0 radical (unpaired) electrons.